The summed E-state index contributed by atoms with van der Waals surface area (Å²) in [6.07, 6.45) is -3.68. The highest BCUT2D eigenvalue weighted by atomic mass is 32.2. The number of amides is 1. The van der Waals surface area contributed by atoms with Crippen LogP contribution in [0.25, 0.3) is 11.3 Å². The second-order valence-electron chi connectivity index (χ2n) is 6.48. The van der Waals surface area contributed by atoms with E-state index in [4.69, 9.17) is 8.71 Å². The van der Waals surface area contributed by atoms with Gasteiger partial charge in [0.1, 0.15) is 0 Å². The Morgan fingerprint density at radius 1 is 1.25 bits per heavy atom. The van der Waals surface area contributed by atoms with Crippen LogP contribution in [0, 0.1) is 5.92 Å². The molecule has 1 heterocycles. The van der Waals surface area contributed by atoms with Gasteiger partial charge in [0.25, 0.3) is 16.0 Å². The molecule has 2 rings (SSSR count). The SMILES string of the molecule is CC(C)CNC(=O)c1noc(-c2ccc(C(F)(F)F)cc2)c1COS(C)(=O)=O. The average molecular weight is 420 g/mol. The van der Waals surface area contributed by atoms with E-state index in [9.17, 15) is 26.4 Å². The summed E-state index contributed by atoms with van der Waals surface area (Å²) in [4.78, 5) is 12.3. The fraction of sp³-hybridized carbons (Fsp3) is 0.412. The van der Waals surface area contributed by atoms with E-state index in [1.165, 1.54) is 0 Å². The maximum atomic E-state index is 12.7. The smallest absolute Gasteiger partial charge is 0.355 e. The lowest BCUT2D eigenvalue weighted by atomic mass is 10.0. The molecule has 1 aromatic heterocycles. The van der Waals surface area contributed by atoms with Crippen molar-refractivity contribution in [1.82, 2.24) is 10.5 Å². The topological polar surface area (TPSA) is 98.5 Å². The third kappa shape index (κ3) is 5.80. The molecule has 0 radical (unpaired) electrons. The van der Waals surface area contributed by atoms with Crippen LogP contribution in [0.15, 0.2) is 28.8 Å². The third-order valence-corrected chi connectivity index (χ3v) is 4.11. The van der Waals surface area contributed by atoms with Crippen LogP contribution in [0.4, 0.5) is 13.2 Å². The van der Waals surface area contributed by atoms with Crippen molar-refractivity contribution in [3.63, 3.8) is 0 Å². The summed E-state index contributed by atoms with van der Waals surface area (Å²) in [5.41, 5.74) is -0.847. The van der Waals surface area contributed by atoms with Gasteiger partial charge in [0.15, 0.2) is 11.5 Å². The monoisotopic (exact) mass is 420 g/mol. The number of carbonyl (C=O) groups is 1. The maximum absolute atomic E-state index is 12.7. The minimum Gasteiger partial charge on any atom is -0.355 e. The molecule has 11 heteroatoms. The zero-order valence-corrected chi connectivity index (χ0v) is 16.1. The van der Waals surface area contributed by atoms with Crippen molar-refractivity contribution >= 4 is 16.0 Å². The van der Waals surface area contributed by atoms with Gasteiger partial charge in [-0.15, -0.1) is 0 Å². The van der Waals surface area contributed by atoms with Crippen molar-refractivity contribution in [2.75, 3.05) is 12.8 Å². The summed E-state index contributed by atoms with van der Waals surface area (Å²) in [6, 6.07) is 3.97. The van der Waals surface area contributed by atoms with Gasteiger partial charge in [-0.1, -0.05) is 31.1 Å². The number of carbonyl (C=O) groups excluding carboxylic acids is 1. The Labute approximate surface area is 160 Å². The molecule has 0 aliphatic rings. The van der Waals surface area contributed by atoms with Crippen molar-refractivity contribution < 1.29 is 35.1 Å². The summed E-state index contributed by atoms with van der Waals surface area (Å²) < 4.78 is 70.7. The summed E-state index contributed by atoms with van der Waals surface area (Å²) in [5.74, 6) is -0.504. The molecule has 7 nitrogen and oxygen atoms in total. The molecule has 0 spiro atoms. The molecule has 1 aromatic carbocycles. The van der Waals surface area contributed by atoms with Crippen molar-refractivity contribution in [2.24, 2.45) is 5.92 Å². The first kappa shape index (κ1) is 21.9. The number of alkyl halides is 3. The first-order valence-electron chi connectivity index (χ1n) is 8.17. The molecule has 2 aromatic rings. The van der Waals surface area contributed by atoms with Gasteiger partial charge in [0.2, 0.25) is 0 Å². The quantitative estimate of drug-likeness (QED) is 0.691. The van der Waals surface area contributed by atoms with Crippen LogP contribution < -0.4 is 5.32 Å². The number of nitrogens with zero attached hydrogens (tertiary/aromatic N) is 1. The van der Waals surface area contributed by atoms with Gasteiger partial charge in [-0.2, -0.15) is 21.6 Å². The zero-order chi connectivity index (χ0) is 21.1. The molecule has 28 heavy (non-hydrogen) atoms. The lowest BCUT2D eigenvalue weighted by Crippen LogP contribution is -2.28. The molecule has 0 atom stereocenters. The number of aromatic nitrogens is 1. The van der Waals surface area contributed by atoms with Crippen molar-refractivity contribution in [3.8, 4) is 11.3 Å². The molecule has 154 valence electrons. The Morgan fingerprint density at radius 3 is 2.36 bits per heavy atom. The van der Waals surface area contributed by atoms with Gasteiger partial charge in [-0.25, -0.2) is 0 Å². The summed E-state index contributed by atoms with van der Waals surface area (Å²) in [5, 5.41) is 6.27. The largest absolute Gasteiger partial charge is 0.416 e. The Bertz CT molecular complexity index is 935. The maximum Gasteiger partial charge on any atom is 0.416 e. The number of halogens is 3. The van der Waals surface area contributed by atoms with Crippen molar-refractivity contribution in [2.45, 2.75) is 26.6 Å². The Morgan fingerprint density at radius 2 is 1.86 bits per heavy atom. The van der Waals surface area contributed by atoms with Crippen LogP contribution in [-0.4, -0.2) is 32.3 Å². The highest BCUT2D eigenvalue weighted by Gasteiger charge is 2.31. The number of hydrogen-bond acceptors (Lipinski definition) is 6. The number of nitrogens with one attached hydrogen (secondary N) is 1. The fourth-order valence-corrected chi connectivity index (χ4v) is 2.54. The van der Waals surface area contributed by atoms with E-state index in [2.05, 4.69) is 10.5 Å². The Hall–Kier alpha value is -2.40. The Kier molecular flexibility index (Phi) is 6.50. The number of benzene rings is 1. The van der Waals surface area contributed by atoms with Gasteiger partial charge >= 0.3 is 6.18 Å². The predicted octanol–water partition coefficient (Wildman–Crippen LogP) is 3.22. The number of rotatable bonds is 7. The van der Waals surface area contributed by atoms with E-state index >= 15 is 0 Å². The minimum absolute atomic E-state index is 0.0199. The van der Waals surface area contributed by atoms with E-state index in [1.807, 2.05) is 13.8 Å². The normalized spacial score (nSPS) is 12.4. The summed E-state index contributed by atoms with van der Waals surface area (Å²) in [6.45, 7) is 3.55. The van der Waals surface area contributed by atoms with Crippen molar-refractivity contribution in [1.29, 1.82) is 0 Å². The lowest BCUT2D eigenvalue weighted by Gasteiger charge is -2.09. The number of hydrogen-bond donors (Lipinski definition) is 1. The molecule has 0 fully saturated rings. The summed E-state index contributed by atoms with van der Waals surface area (Å²) >= 11 is 0. The highest BCUT2D eigenvalue weighted by Crippen LogP contribution is 2.33. The van der Waals surface area contributed by atoms with Gasteiger partial charge < -0.3 is 9.84 Å². The lowest BCUT2D eigenvalue weighted by molar-refractivity contribution is -0.137. The van der Waals surface area contributed by atoms with Gasteiger partial charge in [-0.3, -0.25) is 8.98 Å². The first-order valence-corrected chi connectivity index (χ1v) is 9.99. The van der Waals surface area contributed by atoms with E-state index in [1.54, 1.807) is 0 Å². The zero-order valence-electron chi connectivity index (χ0n) is 15.3. The van der Waals surface area contributed by atoms with E-state index < -0.39 is 34.4 Å². The van der Waals surface area contributed by atoms with Crippen LogP contribution in [0.1, 0.15) is 35.5 Å². The van der Waals surface area contributed by atoms with Crippen LogP contribution in [0.3, 0.4) is 0 Å². The molecule has 0 saturated heterocycles. The van der Waals surface area contributed by atoms with E-state index in [-0.39, 0.29) is 28.5 Å². The summed E-state index contributed by atoms with van der Waals surface area (Å²) in [7, 11) is -3.84. The van der Waals surface area contributed by atoms with E-state index in [0.717, 1.165) is 30.5 Å². The minimum atomic E-state index is -4.51. The molecular formula is C17H19F3N2O5S. The Balaban J connectivity index is 2.41. The molecule has 0 aliphatic heterocycles. The second-order valence-corrected chi connectivity index (χ2v) is 8.13. The van der Waals surface area contributed by atoms with Gasteiger partial charge in [0, 0.05) is 12.1 Å². The predicted molar refractivity (Wildman–Crippen MR) is 93.7 cm³/mol. The van der Waals surface area contributed by atoms with Gasteiger partial charge in [-0.05, 0) is 18.1 Å². The van der Waals surface area contributed by atoms with Crippen LogP contribution in [0.2, 0.25) is 0 Å². The van der Waals surface area contributed by atoms with E-state index in [0.29, 0.717) is 6.54 Å². The standard InChI is InChI=1S/C17H19F3N2O5S/c1-10(2)8-21-16(23)14-13(9-26-28(3,24)25)15(27-22-14)11-4-6-12(7-5-11)17(18,19)20/h4-7,10H,8-9H2,1-3H3,(H,21,23). The van der Waals surface area contributed by atoms with Crippen molar-refractivity contribution in [3.05, 3.63) is 41.1 Å². The molecule has 1 N–H and O–H groups in total. The first-order chi connectivity index (χ1) is 12.9. The fourth-order valence-electron chi connectivity index (χ4n) is 2.21. The molecule has 0 aliphatic carbocycles. The van der Waals surface area contributed by atoms with Crippen LogP contribution in [0.5, 0.6) is 0 Å². The molecule has 0 bridgehead atoms. The molecule has 0 unspecified atom stereocenters. The van der Waals surface area contributed by atoms with Crippen LogP contribution >= 0.6 is 0 Å². The average Bonchev–Trinajstić information content (AvgIpc) is 3.00. The second kappa shape index (κ2) is 8.31. The third-order valence-electron chi connectivity index (χ3n) is 3.57. The molecule has 1 amide bonds. The van der Waals surface area contributed by atoms with Gasteiger partial charge in [0.05, 0.1) is 24.0 Å². The van der Waals surface area contributed by atoms with Crippen LogP contribution in [-0.2, 0) is 27.1 Å². The highest BCUT2D eigenvalue weighted by molar-refractivity contribution is 7.85. The molecular weight excluding hydrogens is 401 g/mol. The molecule has 0 saturated carbocycles.